The summed E-state index contributed by atoms with van der Waals surface area (Å²) in [5, 5.41) is 5.91. The van der Waals surface area contributed by atoms with Crippen molar-refractivity contribution in [3.05, 3.63) is 24.3 Å². The topological polar surface area (TPSA) is 70.7 Å². The van der Waals surface area contributed by atoms with Crippen LogP contribution in [0.4, 0.5) is 10.5 Å². The highest BCUT2D eigenvalue weighted by Gasteiger charge is 2.25. The number of amides is 3. The Morgan fingerprint density at radius 1 is 1.30 bits per heavy atom. The van der Waals surface area contributed by atoms with Gasteiger partial charge in [0.05, 0.1) is 7.11 Å². The first-order valence-electron chi connectivity index (χ1n) is 6.67. The molecule has 1 aromatic carbocycles. The lowest BCUT2D eigenvalue weighted by molar-refractivity contribution is -0.125. The fraction of sp³-hybridized carbons (Fsp3) is 0.429. The lowest BCUT2D eigenvalue weighted by Gasteiger charge is -2.15. The first-order chi connectivity index (χ1) is 9.70. The molecule has 0 radical (unpaired) electrons. The number of benzene rings is 1. The minimum atomic E-state index is -0.302. The number of nitrogens with zero attached hydrogens (tertiary/aromatic N) is 1. The van der Waals surface area contributed by atoms with Crippen LogP contribution in [0.3, 0.4) is 0 Å². The summed E-state index contributed by atoms with van der Waals surface area (Å²) < 4.78 is 5.07. The number of methoxy groups -OCH3 is 1. The van der Waals surface area contributed by atoms with Gasteiger partial charge in [-0.1, -0.05) is 0 Å². The Bertz CT molecular complexity index is 473. The Hall–Kier alpha value is -2.24. The molecule has 2 rings (SSSR count). The minimum Gasteiger partial charge on any atom is -0.497 e. The van der Waals surface area contributed by atoms with E-state index >= 15 is 0 Å². The molecule has 1 aromatic rings. The number of nitrogens with one attached hydrogen (secondary N) is 2. The molecule has 1 aliphatic heterocycles. The molecule has 0 unspecified atom stereocenters. The van der Waals surface area contributed by atoms with Crippen molar-refractivity contribution in [1.82, 2.24) is 10.2 Å². The molecular formula is C14H19N3O3. The number of anilines is 1. The summed E-state index contributed by atoms with van der Waals surface area (Å²) in [5.41, 5.74) is 0.956. The van der Waals surface area contributed by atoms with Gasteiger partial charge in [0.15, 0.2) is 0 Å². The zero-order valence-electron chi connectivity index (χ0n) is 11.5. The van der Waals surface area contributed by atoms with E-state index in [9.17, 15) is 9.59 Å². The highest BCUT2D eigenvalue weighted by atomic mass is 16.5. The maximum atomic E-state index is 11.7. The summed E-state index contributed by atoms with van der Waals surface area (Å²) in [7, 11) is 1.62. The van der Waals surface area contributed by atoms with Crippen molar-refractivity contribution in [2.45, 2.75) is 12.8 Å². The largest absolute Gasteiger partial charge is 0.497 e. The van der Waals surface area contributed by atoms with Crippen molar-refractivity contribution in [3.8, 4) is 5.75 Å². The van der Waals surface area contributed by atoms with Crippen molar-refractivity contribution < 1.29 is 14.3 Å². The quantitative estimate of drug-likeness (QED) is 0.799. The number of rotatable bonds is 5. The molecule has 1 heterocycles. The van der Waals surface area contributed by atoms with E-state index in [0.717, 1.165) is 17.9 Å². The van der Waals surface area contributed by atoms with Gasteiger partial charge >= 0.3 is 6.03 Å². The van der Waals surface area contributed by atoms with Gasteiger partial charge in [-0.3, -0.25) is 9.69 Å². The predicted octanol–water partition coefficient (Wildman–Crippen LogP) is 1.44. The van der Waals surface area contributed by atoms with Gasteiger partial charge in [-0.25, -0.2) is 4.79 Å². The highest BCUT2D eigenvalue weighted by molar-refractivity contribution is 5.95. The van der Waals surface area contributed by atoms with Crippen molar-refractivity contribution in [3.63, 3.8) is 0 Å². The van der Waals surface area contributed by atoms with Crippen LogP contribution in [0, 0.1) is 0 Å². The molecule has 6 nitrogen and oxygen atoms in total. The van der Waals surface area contributed by atoms with Crippen LogP contribution in [0.2, 0.25) is 0 Å². The van der Waals surface area contributed by atoms with E-state index in [1.54, 1.807) is 7.11 Å². The van der Waals surface area contributed by atoms with Crippen LogP contribution in [0.1, 0.15) is 12.8 Å². The smallest absolute Gasteiger partial charge is 0.324 e. The average Bonchev–Trinajstić information content (AvgIpc) is 2.90. The zero-order valence-corrected chi connectivity index (χ0v) is 11.5. The fourth-order valence-corrected chi connectivity index (χ4v) is 2.04. The van der Waals surface area contributed by atoms with Gasteiger partial charge in [-0.05, 0) is 30.7 Å². The predicted molar refractivity (Wildman–Crippen MR) is 75.8 cm³/mol. The zero-order chi connectivity index (χ0) is 14.4. The molecule has 1 fully saturated rings. The van der Waals surface area contributed by atoms with Crippen molar-refractivity contribution >= 4 is 17.6 Å². The third kappa shape index (κ3) is 3.63. The van der Waals surface area contributed by atoms with Gasteiger partial charge in [-0.15, -0.1) is 0 Å². The number of imide groups is 1. The van der Waals surface area contributed by atoms with Gasteiger partial charge in [0.1, 0.15) is 5.75 Å². The van der Waals surface area contributed by atoms with Gasteiger partial charge in [-0.2, -0.15) is 0 Å². The molecule has 0 aromatic heterocycles. The molecule has 108 valence electrons. The maximum absolute atomic E-state index is 11.7. The van der Waals surface area contributed by atoms with Gasteiger partial charge in [0, 0.05) is 31.7 Å². The first-order valence-corrected chi connectivity index (χ1v) is 6.67. The third-order valence-electron chi connectivity index (χ3n) is 3.14. The Labute approximate surface area is 118 Å². The average molecular weight is 277 g/mol. The molecule has 2 N–H and O–H groups in total. The molecule has 20 heavy (non-hydrogen) atoms. The van der Waals surface area contributed by atoms with E-state index < -0.39 is 0 Å². The van der Waals surface area contributed by atoms with Crippen LogP contribution in [-0.2, 0) is 4.79 Å². The molecule has 0 saturated carbocycles. The van der Waals surface area contributed by atoms with Crippen LogP contribution in [0.5, 0.6) is 5.75 Å². The Balaban J connectivity index is 1.68. The van der Waals surface area contributed by atoms with Gasteiger partial charge < -0.3 is 15.4 Å². The summed E-state index contributed by atoms with van der Waals surface area (Å²) in [6, 6.07) is 7.24. The lowest BCUT2D eigenvalue weighted by Crippen LogP contribution is -2.42. The van der Waals surface area contributed by atoms with Crippen molar-refractivity contribution in [1.29, 1.82) is 0 Å². The summed E-state index contributed by atoms with van der Waals surface area (Å²) in [5.74, 6) is 0.710. The number of carbonyl (C=O) groups is 2. The maximum Gasteiger partial charge on any atom is 0.324 e. The molecule has 3 amide bonds. The third-order valence-corrected chi connectivity index (χ3v) is 3.14. The minimum absolute atomic E-state index is 0.0920. The van der Waals surface area contributed by atoms with Crippen LogP contribution in [-0.4, -0.2) is 43.6 Å². The van der Waals surface area contributed by atoms with Gasteiger partial charge in [0.2, 0.25) is 5.91 Å². The number of hydrogen-bond acceptors (Lipinski definition) is 4. The van der Waals surface area contributed by atoms with E-state index in [1.165, 1.54) is 4.90 Å². The molecule has 0 atom stereocenters. The lowest BCUT2D eigenvalue weighted by atomic mass is 10.3. The van der Waals surface area contributed by atoms with Crippen LogP contribution < -0.4 is 15.4 Å². The monoisotopic (exact) mass is 277 g/mol. The Kier molecular flexibility index (Phi) is 4.81. The second-order valence-electron chi connectivity index (χ2n) is 4.54. The number of urea groups is 1. The number of likely N-dealkylation sites (tertiary alicyclic amines) is 1. The van der Waals surface area contributed by atoms with Gasteiger partial charge in [0.25, 0.3) is 0 Å². The van der Waals surface area contributed by atoms with E-state index in [-0.39, 0.29) is 11.9 Å². The molecular weight excluding hydrogens is 258 g/mol. The van der Waals surface area contributed by atoms with Crippen LogP contribution >= 0.6 is 0 Å². The fourth-order valence-electron chi connectivity index (χ4n) is 2.04. The van der Waals surface area contributed by atoms with E-state index in [1.807, 2.05) is 24.3 Å². The van der Waals surface area contributed by atoms with E-state index in [4.69, 9.17) is 4.74 Å². The SMILES string of the molecule is COc1ccc(NCCNC(=O)N2CCCC2=O)cc1. The normalized spacial score (nSPS) is 14.2. The van der Waals surface area contributed by atoms with E-state index in [0.29, 0.717) is 26.1 Å². The summed E-state index contributed by atoms with van der Waals surface area (Å²) in [6.45, 7) is 1.59. The van der Waals surface area contributed by atoms with E-state index in [2.05, 4.69) is 10.6 Å². The van der Waals surface area contributed by atoms with Crippen LogP contribution in [0.15, 0.2) is 24.3 Å². The standard InChI is InChI=1S/C14H19N3O3/c1-20-12-6-4-11(5-7-12)15-8-9-16-14(19)17-10-2-3-13(17)18/h4-7,15H,2-3,8-10H2,1H3,(H,16,19). The van der Waals surface area contributed by atoms with Crippen LogP contribution in [0.25, 0.3) is 0 Å². The number of carbonyl (C=O) groups excluding carboxylic acids is 2. The van der Waals surface area contributed by atoms with Crippen molar-refractivity contribution in [2.24, 2.45) is 0 Å². The number of hydrogen-bond donors (Lipinski definition) is 2. The number of ether oxygens (including phenoxy) is 1. The Morgan fingerprint density at radius 2 is 2.05 bits per heavy atom. The Morgan fingerprint density at radius 3 is 2.65 bits per heavy atom. The molecule has 0 bridgehead atoms. The molecule has 0 spiro atoms. The summed E-state index contributed by atoms with van der Waals surface area (Å²) in [4.78, 5) is 24.3. The van der Waals surface area contributed by atoms with Crippen molar-refractivity contribution in [2.75, 3.05) is 32.1 Å². The second kappa shape index (κ2) is 6.79. The summed E-state index contributed by atoms with van der Waals surface area (Å²) >= 11 is 0. The molecule has 0 aliphatic carbocycles. The molecule has 1 saturated heterocycles. The molecule has 1 aliphatic rings. The molecule has 6 heteroatoms. The highest BCUT2D eigenvalue weighted by Crippen LogP contribution is 2.14. The second-order valence-corrected chi connectivity index (χ2v) is 4.54. The summed E-state index contributed by atoms with van der Waals surface area (Å²) in [6.07, 6.45) is 1.23. The first kappa shape index (κ1) is 14.2.